The number of benzene rings is 2. The third-order valence-electron chi connectivity index (χ3n) is 5.33. The van der Waals surface area contributed by atoms with Gasteiger partial charge in [-0.2, -0.15) is 5.10 Å². The summed E-state index contributed by atoms with van der Waals surface area (Å²) in [5, 5.41) is 4.17. The van der Waals surface area contributed by atoms with E-state index in [1.165, 1.54) is 16.4 Å². The number of nitrogens with zero attached hydrogens (tertiary/aromatic N) is 4. The van der Waals surface area contributed by atoms with Crippen LogP contribution in [-0.2, 0) is 17.1 Å². The van der Waals surface area contributed by atoms with Crippen molar-refractivity contribution in [2.24, 2.45) is 7.05 Å². The second-order valence-electron chi connectivity index (χ2n) is 7.47. The van der Waals surface area contributed by atoms with Crippen LogP contribution in [0.5, 0.6) is 0 Å². The number of hydrogen-bond donors (Lipinski definition) is 0. The number of anilines is 2. The summed E-state index contributed by atoms with van der Waals surface area (Å²) in [6, 6.07) is 8.06. The normalized spacial score (nSPS) is 14.2. The molecule has 1 aliphatic rings. The number of likely N-dealkylation sites (N-methyl/N-ethyl adjacent to an activating group) is 1. The summed E-state index contributed by atoms with van der Waals surface area (Å²) in [6.07, 6.45) is 3.63. The molecule has 0 unspecified atom stereocenters. The van der Waals surface area contributed by atoms with Gasteiger partial charge in [-0.05, 0) is 54.8 Å². The zero-order valence-corrected chi connectivity index (χ0v) is 17.7. The molecule has 152 valence electrons. The average Bonchev–Trinajstić information content (AvgIpc) is 3.08. The number of sulfonamides is 1. The highest BCUT2D eigenvalue weighted by Gasteiger charge is 2.33. The lowest BCUT2D eigenvalue weighted by molar-refractivity contribution is 0.587. The minimum atomic E-state index is -3.80. The van der Waals surface area contributed by atoms with Crippen molar-refractivity contribution in [2.75, 3.05) is 29.3 Å². The van der Waals surface area contributed by atoms with E-state index >= 15 is 0 Å². The van der Waals surface area contributed by atoms with Crippen molar-refractivity contribution in [3.8, 4) is 11.1 Å². The third-order valence-corrected chi connectivity index (χ3v) is 7.28. The van der Waals surface area contributed by atoms with Crippen LogP contribution in [0, 0.1) is 19.7 Å². The highest BCUT2D eigenvalue weighted by atomic mass is 32.2. The maximum Gasteiger partial charge on any atom is 0.264 e. The van der Waals surface area contributed by atoms with Crippen LogP contribution >= 0.6 is 0 Å². The van der Waals surface area contributed by atoms with Crippen LogP contribution in [0.2, 0.25) is 0 Å². The first-order valence-electron chi connectivity index (χ1n) is 9.32. The number of fused-ring (bicyclic) bond motifs is 1. The van der Waals surface area contributed by atoms with Gasteiger partial charge in [0, 0.05) is 32.4 Å². The monoisotopic (exact) mass is 414 g/mol. The highest BCUT2D eigenvalue weighted by Crippen LogP contribution is 2.40. The number of halogens is 1. The van der Waals surface area contributed by atoms with E-state index in [1.807, 2.05) is 31.3 Å². The fourth-order valence-electron chi connectivity index (χ4n) is 3.85. The molecule has 0 saturated heterocycles. The van der Waals surface area contributed by atoms with Gasteiger partial charge in [0.1, 0.15) is 5.82 Å². The number of hydrogen-bond acceptors (Lipinski definition) is 4. The van der Waals surface area contributed by atoms with E-state index in [0.29, 0.717) is 35.6 Å². The minimum Gasteiger partial charge on any atom is -0.371 e. The Morgan fingerprint density at radius 1 is 1.00 bits per heavy atom. The maximum atomic E-state index is 13.9. The van der Waals surface area contributed by atoms with Crippen molar-refractivity contribution < 1.29 is 12.8 Å². The van der Waals surface area contributed by atoms with Crippen LogP contribution in [0.3, 0.4) is 0 Å². The predicted octanol–water partition coefficient (Wildman–Crippen LogP) is 3.49. The zero-order valence-electron chi connectivity index (χ0n) is 16.8. The van der Waals surface area contributed by atoms with Gasteiger partial charge in [0.15, 0.2) is 0 Å². The minimum absolute atomic E-state index is 0.254. The molecule has 0 spiro atoms. The third kappa shape index (κ3) is 3.27. The molecule has 0 radical (unpaired) electrons. The first kappa shape index (κ1) is 19.4. The molecule has 1 aliphatic heterocycles. The average molecular weight is 415 g/mol. The molecule has 0 N–H and O–H groups in total. The molecule has 2 heterocycles. The highest BCUT2D eigenvalue weighted by molar-refractivity contribution is 7.93. The molecule has 0 amide bonds. The van der Waals surface area contributed by atoms with Gasteiger partial charge in [0.25, 0.3) is 10.0 Å². The Bertz CT molecular complexity index is 1200. The molecular formula is C21H23FN4O2S. The number of rotatable bonds is 3. The summed E-state index contributed by atoms with van der Waals surface area (Å²) in [5.74, 6) is -0.371. The van der Waals surface area contributed by atoms with Gasteiger partial charge < -0.3 is 4.90 Å². The van der Waals surface area contributed by atoms with Crippen LogP contribution in [0.15, 0.2) is 47.6 Å². The standard InChI is InChI=1S/C21H23FN4O2S/c1-14-9-16(17-12-23-25(4)13-17)5-6-20(14)29(27,28)26-8-7-24(3)19-11-18(22)10-15(2)21(19)26/h5-6,9-13H,7-8H2,1-4H3. The smallest absolute Gasteiger partial charge is 0.264 e. The van der Waals surface area contributed by atoms with Crippen molar-refractivity contribution in [3.05, 3.63) is 59.7 Å². The van der Waals surface area contributed by atoms with Crippen molar-refractivity contribution in [3.63, 3.8) is 0 Å². The Balaban J connectivity index is 1.80. The van der Waals surface area contributed by atoms with Gasteiger partial charge in [-0.25, -0.2) is 12.8 Å². The lowest BCUT2D eigenvalue weighted by Crippen LogP contribution is -2.43. The SMILES string of the molecule is Cc1cc(-c2cnn(C)c2)ccc1S(=O)(=O)N1CCN(C)c2cc(F)cc(C)c21. The van der Waals surface area contributed by atoms with Crippen molar-refractivity contribution >= 4 is 21.4 Å². The predicted molar refractivity (Wildman–Crippen MR) is 112 cm³/mol. The number of aromatic nitrogens is 2. The van der Waals surface area contributed by atoms with Crippen molar-refractivity contribution in [1.29, 1.82) is 0 Å². The molecule has 3 aromatic rings. The van der Waals surface area contributed by atoms with E-state index in [4.69, 9.17) is 0 Å². The van der Waals surface area contributed by atoms with Crippen molar-refractivity contribution in [2.45, 2.75) is 18.7 Å². The molecule has 8 heteroatoms. The van der Waals surface area contributed by atoms with Crippen LogP contribution < -0.4 is 9.21 Å². The van der Waals surface area contributed by atoms with E-state index in [0.717, 1.165) is 11.1 Å². The molecule has 6 nitrogen and oxygen atoms in total. The van der Waals surface area contributed by atoms with E-state index in [2.05, 4.69) is 5.10 Å². The summed E-state index contributed by atoms with van der Waals surface area (Å²) >= 11 is 0. The Morgan fingerprint density at radius 2 is 1.76 bits per heavy atom. The Kier molecular flexibility index (Phi) is 4.61. The first-order chi connectivity index (χ1) is 13.7. The van der Waals surface area contributed by atoms with E-state index in [9.17, 15) is 12.8 Å². The maximum absolute atomic E-state index is 13.9. The summed E-state index contributed by atoms with van der Waals surface area (Å²) in [7, 11) is -0.114. The largest absolute Gasteiger partial charge is 0.371 e. The van der Waals surface area contributed by atoms with Gasteiger partial charge in [-0.1, -0.05) is 6.07 Å². The van der Waals surface area contributed by atoms with Gasteiger partial charge in [-0.3, -0.25) is 8.99 Å². The molecule has 0 aliphatic carbocycles. The Labute approximate surface area is 170 Å². The molecule has 1 aromatic heterocycles. The summed E-state index contributed by atoms with van der Waals surface area (Å²) in [6.45, 7) is 4.33. The molecule has 2 aromatic carbocycles. The van der Waals surface area contributed by atoms with Crippen LogP contribution in [0.4, 0.5) is 15.8 Å². The van der Waals surface area contributed by atoms with E-state index in [-0.39, 0.29) is 10.7 Å². The molecular weight excluding hydrogens is 391 g/mol. The van der Waals surface area contributed by atoms with Gasteiger partial charge in [-0.15, -0.1) is 0 Å². The van der Waals surface area contributed by atoms with Crippen LogP contribution in [0.25, 0.3) is 11.1 Å². The topological polar surface area (TPSA) is 58.4 Å². The van der Waals surface area contributed by atoms with Crippen LogP contribution in [0.1, 0.15) is 11.1 Å². The molecule has 0 bridgehead atoms. The van der Waals surface area contributed by atoms with Crippen LogP contribution in [-0.4, -0.2) is 38.3 Å². The molecule has 0 saturated carbocycles. The molecule has 0 atom stereocenters. The van der Waals surface area contributed by atoms with Gasteiger partial charge >= 0.3 is 0 Å². The molecule has 29 heavy (non-hydrogen) atoms. The second-order valence-corrected chi connectivity index (χ2v) is 9.30. The van der Waals surface area contributed by atoms with Crippen molar-refractivity contribution in [1.82, 2.24) is 9.78 Å². The fourth-order valence-corrected chi connectivity index (χ4v) is 5.60. The second kappa shape index (κ2) is 6.88. The summed E-state index contributed by atoms with van der Waals surface area (Å²) in [5.41, 5.74) is 4.21. The molecule has 4 rings (SSSR count). The first-order valence-corrected chi connectivity index (χ1v) is 10.8. The fraction of sp³-hybridized carbons (Fsp3) is 0.286. The lowest BCUT2D eigenvalue weighted by Gasteiger charge is -2.37. The quantitative estimate of drug-likeness (QED) is 0.658. The van der Waals surface area contributed by atoms with Gasteiger partial charge in [0.2, 0.25) is 0 Å². The van der Waals surface area contributed by atoms with Gasteiger partial charge in [0.05, 0.1) is 29.0 Å². The summed E-state index contributed by atoms with van der Waals surface area (Å²) in [4.78, 5) is 2.14. The van der Waals surface area contributed by atoms with E-state index < -0.39 is 10.0 Å². The Hall–Kier alpha value is -2.87. The molecule has 0 fully saturated rings. The Morgan fingerprint density at radius 3 is 2.41 bits per heavy atom. The number of aryl methyl sites for hydroxylation is 3. The summed E-state index contributed by atoms with van der Waals surface area (Å²) < 4.78 is 44.2. The lowest BCUT2D eigenvalue weighted by atomic mass is 10.1. The zero-order chi connectivity index (χ0) is 20.9. The van der Waals surface area contributed by atoms with E-state index in [1.54, 1.807) is 36.9 Å².